The lowest BCUT2D eigenvalue weighted by atomic mass is 10.0. The Morgan fingerprint density at radius 2 is 1.83 bits per heavy atom. The quantitative estimate of drug-likeness (QED) is 0.694. The zero-order chi connectivity index (χ0) is 13.4. The van der Waals surface area contributed by atoms with Crippen molar-refractivity contribution in [3.8, 4) is 11.5 Å². The van der Waals surface area contributed by atoms with Gasteiger partial charge in [0.2, 0.25) is 0 Å². The minimum Gasteiger partial charge on any atom is -0.497 e. The molecule has 1 atom stereocenters. The van der Waals surface area contributed by atoms with E-state index in [2.05, 4.69) is 5.32 Å². The van der Waals surface area contributed by atoms with Crippen LogP contribution in [0.15, 0.2) is 24.3 Å². The summed E-state index contributed by atoms with van der Waals surface area (Å²) in [5.74, 6) is 1.64. The standard InChI is InChI=1S/C14H23NO3/c1-4-14(2,16)11-15-9-10-18-13-7-5-12(17-3)6-8-13/h5-8,15-16H,4,9-11H2,1-3H3. The van der Waals surface area contributed by atoms with Crippen LogP contribution >= 0.6 is 0 Å². The van der Waals surface area contributed by atoms with Crippen LogP contribution in [0.25, 0.3) is 0 Å². The Labute approximate surface area is 109 Å². The van der Waals surface area contributed by atoms with E-state index < -0.39 is 5.60 Å². The summed E-state index contributed by atoms with van der Waals surface area (Å²) in [4.78, 5) is 0. The van der Waals surface area contributed by atoms with E-state index in [1.165, 1.54) is 0 Å². The second-order valence-corrected chi connectivity index (χ2v) is 4.55. The van der Waals surface area contributed by atoms with Gasteiger partial charge in [0.1, 0.15) is 18.1 Å². The number of aliphatic hydroxyl groups is 1. The van der Waals surface area contributed by atoms with Gasteiger partial charge in [-0.15, -0.1) is 0 Å². The molecule has 102 valence electrons. The first-order valence-electron chi connectivity index (χ1n) is 6.27. The fourth-order valence-electron chi connectivity index (χ4n) is 1.40. The third-order valence-electron chi connectivity index (χ3n) is 2.87. The van der Waals surface area contributed by atoms with Crippen molar-refractivity contribution in [1.82, 2.24) is 5.32 Å². The first kappa shape index (κ1) is 14.8. The molecule has 4 heteroatoms. The zero-order valence-corrected chi connectivity index (χ0v) is 11.4. The van der Waals surface area contributed by atoms with Crippen LogP contribution in [0, 0.1) is 0 Å². The Morgan fingerprint density at radius 1 is 1.22 bits per heavy atom. The van der Waals surface area contributed by atoms with Crippen molar-refractivity contribution in [3.63, 3.8) is 0 Å². The molecule has 0 fully saturated rings. The molecule has 1 aromatic rings. The normalized spacial score (nSPS) is 14.0. The highest BCUT2D eigenvalue weighted by atomic mass is 16.5. The first-order valence-corrected chi connectivity index (χ1v) is 6.27. The molecule has 1 aromatic carbocycles. The molecule has 0 saturated carbocycles. The summed E-state index contributed by atoms with van der Waals surface area (Å²) in [6.07, 6.45) is 0.735. The number of methoxy groups -OCH3 is 1. The lowest BCUT2D eigenvalue weighted by molar-refractivity contribution is 0.0551. The predicted octanol–water partition coefficient (Wildman–Crippen LogP) is 1.82. The number of hydrogen-bond acceptors (Lipinski definition) is 4. The van der Waals surface area contributed by atoms with E-state index in [1.54, 1.807) is 7.11 Å². The van der Waals surface area contributed by atoms with Crippen LogP contribution in [0.4, 0.5) is 0 Å². The fraction of sp³-hybridized carbons (Fsp3) is 0.571. The predicted molar refractivity (Wildman–Crippen MR) is 72.3 cm³/mol. The van der Waals surface area contributed by atoms with Gasteiger partial charge >= 0.3 is 0 Å². The summed E-state index contributed by atoms with van der Waals surface area (Å²) in [6.45, 7) is 5.66. The Balaban J connectivity index is 2.17. The van der Waals surface area contributed by atoms with Crippen molar-refractivity contribution in [2.45, 2.75) is 25.9 Å². The monoisotopic (exact) mass is 253 g/mol. The van der Waals surface area contributed by atoms with Crippen molar-refractivity contribution in [2.75, 3.05) is 26.8 Å². The van der Waals surface area contributed by atoms with Crippen LogP contribution in [0.2, 0.25) is 0 Å². The Morgan fingerprint density at radius 3 is 2.39 bits per heavy atom. The highest BCUT2D eigenvalue weighted by molar-refractivity contribution is 5.31. The average molecular weight is 253 g/mol. The maximum atomic E-state index is 9.78. The number of ether oxygens (including phenoxy) is 2. The van der Waals surface area contributed by atoms with Gasteiger partial charge in [0, 0.05) is 13.1 Å². The SMILES string of the molecule is CCC(C)(O)CNCCOc1ccc(OC)cc1. The van der Waals surface area contributed by atoms with Gasteiger partial charge < -0.3 is 19.9 Å². The second-order valence-electron chi connectivity index (χ2n) is 4.55. The molecule has 0 aliphatic rings. The molecule has 0 amide bonds. The smallest absolute Gasteiger partial charge is 0.119 e. The molecule has 0 spiro atoms. The van der Waals surface area contributed by atoms with Crippen molar-refractivity contribution in [2.24, 2.45) is 0 Å². The van der Waals surface area contributed by atoms with Crippen molar-refractivity contribution in [1.29, 1.82) is 0 Å². The molecular formula is C14H23NO3. The van der Waals surface area contributed by atoms with Gasteiger partial charge in [-0.1, -0.05) is 6.92 Å². The number of nitrogens with one attached hydrogen (secondary N) is 1. The van der Waals surface area contributed by atoms with Crippen LogP contribution in [0.3, 0.4) is 0 Å². The van der Waals surface area contributed by atoms with Crippen LogP contribution in [-0.4, -0.2) is 37.5 Å². The minimum atomic E-state index is -0.639. The van der Waals surface area contributed by atoms with E-state index >= 15 is 0 Å². The Kier molecular flexibility index (Phi) is 5.95. The van der Waals surface area contributed by atoms with Crippen LogP contribution < -0.4 is 14.8 Å². The van der Waals surface area contributed by atoms with Gasteiger partial charge in [0.05, 0.1) is 12.7 Å². The van der Waals surface area contributed by atoms with E-state index in [4.69, 9.17) is 9.47 Å². The molecule has 0 aliphatic carbocycles. The lowest BCUT2D eigenvalue weighted by Crippen LogP contribution is -2.38. The van der Waals surface area contributed by atoms with E-state index in [0.29, 0.717) is 19.7 Å². The molecule has 0 radical (unpaired) electrons. The van der Waals surface area contributed by atoms with Gasteiger partial charge in [-0.2, -0.15) is 0 Å². The zero-order valence-electron chi connectivity index (χ0n) is 11.4. The molecule has 0 aliphatic heterocycles. The summed E-state index contributed by atoms with van der Waals surface area (Å²) in [5.41, 5.74) is -0.639. The van der Waals surface area contributed by atoms with Crippen LogP contribution in [0.5, 0.6) is 11.5 Å². The van der Waals surface area contributed by atoms with E-state index in [-0.39, 0.29) is 0 Å². The number of rotatable bonds is 8. The minimum absolute atomic E-state index is 0.576. The van der Waals surface area contributed by atoms with Gasteiger partial charge in [-0.05, 0) is 37.6 Å². The van der Waals surface area contributed by atoms with Gasteiger partial charge in [-0.25, -0.2) is 0 Å². The molecule has 0 heterocycles. The van der Waals surface area contributed by atoms with Crippen LogP contribution in [0.1, 0.15) is 20.3 Å². The third-order valence-corrected chi connectivity index (χ3v) is 2.87. The molecule has 1 rings (SSSR count). The first-order chi connectivity index (χ1) is 8.57. The lowest BCUT2D eigenvalue weighted by Gasteiger charge is -2.21. The molecule has 0 aromatic heterocycles. The molecule has 0 saturated heterocycles. The summed E-state index contributed by atoms with van der Waals surface area (Å²) in [6, 6.07) is 7.48. The molecule has 2 N–H and O–H groups in total. The molecule has 18 heavy (non-hydrogen) atoms. The Bertz CT molecular complexity index is 335. The largest absolute Gasteiger partial charge is 0.497 e. The number of hydrogen-bond donors (Lipinski definition) is 2. The Hall–Kier alpha value is -1.26. The summed E-state index contributed by atoms with van der Waals surface area (Å²) in [7, 11) is 1.64. The maximum absolute atomic E-state index is 9.78. The summed E-state index contributed by atoms with van der Waals surface area (Å²) in [5, 5.41) is 12.9. The maximum Gasteiger partial charge on any atom is 0.119 e. The molecule has 4 nitrogen and oxygen atoms in total. The highest BCUT2D eigenvalue weighted by Gasteiger charge is 2.15. The summed E-state index contributed by atoms with van der Waals surface area (Å²) < 4.78 is 10.6. The topological polar surface area (TPSA) is 50.7 Å². The molecule has 1 unspecified atom stereocenters. The van der Waals surface area contributed by atoms with E-state index in [0.717, 1.165) is 17.9 Å². The summed E-state index contributed by atoms with van der Waals surface area (Å²) >= 11 is 0. The molecular weight excluding hydrogens is 230 g/mol. The van der Waals surface area contributed by atoms with Gasteiger partial charge in [-0.3, -0.25) is 0 Å². The van der Waals surface area contributed by atoms with Gasteiger partial charge in [0.15, 0.2) is 0 Å². The number of benzene rings is 1. The van der Waals surface area contributed by atoms with Crippen LogP contribution in [-0.2, 0) is 0 Å². The third kappa shape index (κ3) is 5.38. The molecule has 0 bridgehead atoms. The van der Waals surface area contributed by atoms with Crippen molar-refractivity contribution in [3.05, 3.63) is 24.3 Å². The van der Waals surface area contributed by atoms with Gasteiger partial charge in [0.25, 0.3) is 0 Å². The van der Waals surface area contributed by atoms with E-state index in [1.807, 2.05) is 38.1 Å². The van der Waals surface area contributed by atoms with Crippen molar-refractivity contribution >= 4 is 0 Å². The average Bonchev–Trinajstić information content (AvgIpc) is 2.39. The second kappa shape index (κ2) is 7.24. The van der Waals surface area contributed by atoms with Crippen molar-refractivity contribution < 1.29 is 14.6 Å². The fourth-order valence-corrected chi connectivity index (χ4v) is 1.40. The van der Waals surface area contributed by atoms with E-state index in [9.17, 15) is 5.11 Å². The highest BCUT2D eigenvalue weighted by Crippen LogP contribution is 2.16.